The maximum atomic E-state index is 9.75. The molecule has 0 aliphatic heterocycles. The Labute approximate surface area is 142 Å². The van der Waals surface area contributed by atoms with E-state index in [1.807, 2.05) is 12.1 Å². The molecule has 0 aliphatic rings. The van der Waals surface area contributed by atoms with Crippen LogP contribution in [0.3, 0.4) is 0 Å². The topological polar surface area (TPSA) is 0 Å². The zero-order chi connectivity index (χ0) is 11.8. The standard InChI is InChI=1S/C12H10.BF3H.K/c1-3-7-11(8-4-1)12-9-5-2-6-10-12;2-1(3)4;/h1-10H;1H;/q;-1;+1. The van der Waals surface area contributed by atoms with Gasteiger partial charge in [0.2, 0.25) is 0 Å². The Balaban J connectivity index is 0.000000453. The van der Waals surface area contributed by atoms with Crippen molar-refractivity contribution in [3.63, 3.8) is 0 Å². The van der Waals surface area contributed by atoms with Crippen molar-refractivity contribution in [2.24, 2.45) is 0 Å². The maximum absolute atomic E-state index is 9.75. The van der Waals surface area contributed by atoms with Crippen LogP contribution in [0.2, 0.25) is 0 Å². The summed E-state index contributed by atoms with van der Waals surface area (Å²) in [6.07, 6.45) is 0. The van der Waals surface area contributed by atoms with Crippen LogP contribution in [0.1, 0.15) is 0 Å². The zero-order valence-electron chi connectivity index (χ0n) is 9.61. The van der Waals surface area contributed by atoms with Crippen molar-refractivity contribution in [1.82, 2.24) is 0 Å². The van der Waals surface area contributed by atoms with E-state index >= 15 is 0 Å². The molecule has 0 saturated carbocycles. The molecule has 0 amide bonds. The van der Waals surface area contributed by atoms with Crippen molar-refractivity contribution in [3.05, 3.63) is 60.7 Å². The fraction of sp³-hybridized carbons (Fsp3) is 0. The van der Waals surface area contributed by atoms with Gasteiger partial charge in [0, 0.05) is 0 Å². The zero-order valence-corrected chi connectivity index (χ0v) is 12.7. The first-order valence-electron chi connectivity index (χ1n) is 4.87. The quantitative estimate of drug-likeness (QED) is 0.672. The number of benzene rings is 2. The van der Waals surface area contributed by atoms with Crippen LogP contribution in [0.15, 0.2) is 60.7 Å². The number of hydrogen-bond acceptors (Lipinski definition) is 0. The van der Waals surface area contributed by atoms with Gasteiger partial charge in [0.25, 0.3) is 0 Å². The SMILES string of the molecule is F[BH-](F)F.[K+].c1ccc(-c2ccccc2)cc1. The maximum Gasteiger partial charge on any atom is 1.00 e. The van der Waals surface area contributed by atoms with Gasteiger partial charge in [0.05, 0.1) is 0 Å². The summed E-state index contributed by atoms with van der Waals surface area (Å²) in [5, 5.41) is 0. The van der Waals surface area contributed by atoms with Gasteiger partial charge in [-0.3, -0.25) is 0 Å². The van der Waals surface area contributed by atoms with Crippen molar-refractivity contribution < 1.29 is 64.3 Å². The summed E-state index contributed by atoms with van der Waals surface area (Å²) in [5.41, 5.74) is 2.55. The van der Waals surface area contributed by atoms with Gasteiger partial charge in [-0.05, 0) is 11.1 Å². The van der Waals surface area contributed by atoms with E-state index < -0.39 is 7.54 Å². The second-order valence-corrected chi connectivity index (χ2v) is 3.04. The smallest absolute Gasteiger partial charge is 0.452 e. The van der Waals surface area contributed by atoms with Gasteiger partial charge in [-0.25, -0.2) is 0 Å². The normalized spacial score (nSPS) is 8.94. The van der Waals surface area contributed by atoms with E-state index in [1.165, 1.54) is 11.1 Å². The molecule has 2 aromatic carbocycles. The van der Waals surface area contributed by atoms with E-state index in [9.17, 15) is 12.9 Å². The van der Waals surface area contributed by atoms with Crippen LogP contribution >= 0.6 is 0 Å². The molecular weight excluding hydrogens is 251 g/mol. The Morgan fingerprint density at radius 2 is 0.824 bits per heavy atom. The van der Waals surface area contributed by atoms with Crippen molar-refractivity contribution in [2.75, 3.05) is 0 Å². The van der Waals surface area contributed by atoms with Crippen LogP contribution < -0.4 is 51.4 Å². The first kappa shape index (κ1) is 16.9. The molecule has 0 unspecified atom stereocenters. The predicted octanol–water partition coefficient (Wildman–Crippen LogP) is 0.970. The molecule has 0 aromatic heterocycles. The van der Waals surface area contributed by atoms with Crippen LogP contribution in [0.25, 0.3) is 11.1 Å². The van der Waals surface area contributed by atoms with E-state index in [0.717, 1.165) is 0 Å². The second-order valence-electron chi connectivity index (χ2n) is 3.04. The summed E-state index contributed by atoms with van der Waals surface area (Å²) in [6, 6.07) is 20.8. The number of rotatable bonds is 1. The van der Waals surface area contributed by atoms with E-state index in [2.05, 4.69) is 48.5 Å². The summed E-state index contributed by atoms with van der Waals surface area (Å²) in [6.45, 7) is 0. The van der Waals surface area contributed by atoms with E-state index in [-0.39, 0.29) is 51.4 Å². The molecule has 0 saturated heterocycles. The third kappa shape index (κ3) is 7.78. The molecule has 0 radical (unpaired) electrons. The average Bonchev–Trinajstić information content (AvgIpc) is 2.31. The molecule has 0 N–H and O–H groups in total. The molecule has 84 valence electrons. The fourth-order valence-corrected chi connectivity index (χ4v) is 1.26. The summed E-state index contributed by atoms with van der Waals surface area (Å²) in [5.74, 6) is 0. The molecule has 2 aromatic rings. The first-order chi connectivity index (χ1) is 7.70. The Bertz CT molecular complexity index is 355. The van der Waals surface area contributed by atoms with Gasteiger partial charge in [-0.2, -0.15) is 0 Å². The Hall–Kier alpha value is -0.0687. The summed E-state index contributed by atoms with van der Waals surface area (Å²) in [4.78, 5) is 0. The van der Waals surface area contributed by atoms with Gasteiger partial charge in [0.15, 0.2) is 0 Å². The fourth-order valence-electron chi connectivity index (χ4n) is 1.26. The molecule has 0 heterocycles. The molecule has 0 aliphatic carbocycles. The number of halogens is 3. The molecule has 5 heteroatoms. The molecule has 17 heavy (non-hydrogen) atoms. The van der Waals surface area contributed by atoms with Crippen LogP contribution in [0.4, 0.5) is 12.9 Å². The first-order valence-corrected chi connectivity index (χ1v) is 4.87. The molecule has 2 rings (SSSR count). The summed E-state index contributed by atoms with van der Waals surface area (Å²) >= 11 is 0. The van der Waals surface area contributed by atoms with E-state index in [1.54, 1.807) is 0 Å². The predicted molar refractivity (Wildman–Crippen MR) is 62.4 cm³/mol. The van der Waals surface area contributed by atoms with Crippen molar-refractivity contribution in [3.8, 4) is 11.1 Å². The molecule has 0 nitrogen and oxygen atoms in total. The molecule has 0 bridgehead atoms. The Morgan fingerprint density at radius 1 is 0.588 bits per heavy atom. The third-order valence-electron chi connectivity index (χ3n) is 1.88. The minimum Gasteiger partial charge on any atom is -0.452 e. The minimum atomic E-state index is -4.25. The van der Waals surface area contributed by atoms with Crippen molar-refractivity contribution in [2.45, 2.75) is 0 Å². The van der Waals surface area contributed by atoms with E-state index in [4.69, 9.17) is 0 Å². The molecule has 0 atom stereocenters. The van der Waals surface area contributed by atoms with Crippen LogP contribution in [-0.2, 0) is 0 Å². The van der Waals surface area contributed by atoms with Crippen molar-refractivity contribution in [1.29, 1.82) is 0 Å². The summed E-state index contributed by atoms with van der Waals surface area (Å²) < 4.78 is 29.2. The second kappa shape index (κ2) is 9.91. The third-order valence-corrected chi connectivity index (χ3v) is 1.88. The largest absolute Gasteiger partial charge is 1.00 e. The molecule has 0 fully saturated rings. The average molecular weight is 262 g/mol. The van der Waals surface area contributed by atoms with Crippen LogP contribution in [-0.4, -0.2) is 7.54 Å². The monoisotopic (exact) mass is 262 g/mol. The van der Waals surface area contributed by atoms with Crippen LogP contribution in [0, 0.1) is 0 Å². The van der Waals surface area contributed by atoms with Crippen molar-refractivity contribution >= 4 is 7.54 Å². The van der Waals surface area contributed by atoms with Crippen LogP contribution in [0.5, 0.6) is 0 Å². The Kier molecular flexibility index (Phi) is 9.87. The minimum absolute atomic E-state index is 0. The van der Waals surface area contributed by atoms with Gasteiger partial charge in [-0.15, -0.1) is 0 Å². The molecule has 0 spiro atoms. The van der Waals surface area contributed by atoms with Gasteiger partial charge in [0.1, 0.15) is 0 Å². The molecular formula is C12H11BF3K. The summed E-state index contributed by atoms with van der Waals surface area (Å²) in [7, 11) is -4.25. The van der Waals surface area contributed by atoms with Gasteiger partial charge in [-0.1, -0.05) is 60.7 Å². The van der Waals surface area contributed by atoms with E-state index in [0.29, 0.717) is 0 Å². The number of hydrogen-bond donors (Lipinski definition) is 0. The van der Waals surface area contributed by atoms with Gasteiger partial charge < -0.3 is 12.9 Å². The Morgan fingerprint density at radius 3 is 1.06 bits per heavy atom. The van der Waals surface area contributed by atoms with Gasteiger partial charge >= 0.3 is 58.9 Å².